The zero-order chi connectivity index (χ0) is 16.4. The summed E-state index contributed by atoms with van der Waals surface area (Å²) in [5.41, 5.74) is 2.31. The lowest BCUT2D eigenvalue weighted by molar-refractivity contribution is -0.137. The molecule has 122 valence electrons. The molecule has 1 unspecified atom stereocenters. The molecule has 0 fully saturated rings. The first-order valence-electron chi connectivity index (χ1n) is 7.58. The highest BCUT2D eigenvalue weighted by molar-refractivity contribution is 5.39. The Kier molecular flexibility index (Phi) is 4.31. The fourth-order valence-electron chi connectivity index (χ4n) is 2.72. The van der Waals surface area contributed by atoms with Gasteiger partial charge in [-0.25, -0.2) is 0 Å². The third kappa shape index (κ3) is 3.67. The summed E-state index contributed by atoms with van der Waals surface area (Å²) in [6.07, 6.45) is -3.40. The molecule has 23 heavy (non-hydrogen) atoms. The summed E-state index contributed by atoms with van der Waals surface area (Å²) >= 11 is 0. The average molecular weight is 321 g/mol. The van der Waals surface area contributed by atoms with E-state index in [2.05, 4.69) is 11.4 Å². The van der Waals surface area contributed by atoms with Crippen LogP contribution in [0.3, 0.4) is 0 Å². The molecular weight excluding hydrogens is 303 g/mol. The van der Waals surface area contributed by atoms with E-state index in [1.165, 1.54) is 17.7 Å². The van der Waals surface area contributed by atoms with Crippen LogP contribution < -0.4 is 10.1 Å². The Balaban J connectivity index is 1.66. The van der Waals surface area contributed by atoms with Crippen LogP contribution in [0, 0.1) is 0 Å². The number of benzene rings is 2. The highest BCUT2D eigenvalue weighted by Gasteiger charge is 2.30. The van der Waals surface area contributed by atoms with Gasteiger partial charge in [-0.05, 0) is 41.8 Å². The Hall–Kier alpha value is -2.01. The van der Waals surface area contributed by atoms with Crippen molar-refractivity contribution < 1.29 is 17.9 Å². The summed E-state index contributed by atoms with van der Waals surface area (Å²) in [4.78, 5) is 0. The number of hydrogen-bond acceptors (Lipinski definition) is 2. The van der Waals surface area contributed by atoms with Crippen LogP contribution in [0.5, 0.6) is 5.75 Å². The predicted octanol–water partition coefficient (Wildman–Crippen LogP) is 4.49. The van der Waals surface area contributed by atoms with E-state index in [1.54, 1.807) is 6.07 Å². The van der Waals surface area contributed by atoms with Gasteiger partial charge in [-0.1, -0.05) is 24.3 Å². The highest BCUT2D eigenvalue weighted by Crippen LogP contribution is 2.31. The molecule has 1 heterocycles. The first kappa shape index (κ1) is 15.9. The van der Waals surface area contributed by atoms with Gasteiger partial charge in [0.2, 0.25) is 0 Å². The lowest BCUT2D eigenvalue weighted by Crippen LogP contribution is -2.18. The van der Waals surface area contributed by atoms with Gasteiger partial charge in [0, 0.05) is 19.0 Å². The fourth-order valence-corrected chi connectivity index (χ4v) is 2.72. The van der Waals surface area contributed by atoms with Crippen LogP contribution in [0.15, 0.2) is 42.5 Å². The summed E-state index contributed by atoms with van der Waals surface area (Å²) in [7, 11) is 0. The Morgan fingerprint density at radius 3 is 2.78 bits per heavy atom. The third-order valence-corrected chi connectivity index (χ3v) is 4.08. The average Bonchev–Trinajstić information content (AvgIpc) is 2.99. The van der Waals surface area contributed by atoms with Crippen molar-refractivity contribution in [2.24, 2.45) is 0 Å². The molecule has 1 atom stereocenters. The molecule has 3 rings (SSSR count). The largest absolute Gasteiger partial charge is 0.493 e. The van der Waals surface area contributed by atoms with E-state index in [0.717, 1.165) is 23.8 Å². The molecule has 2 nitrogen and oxygen atoms in total. The van der Waals surface area contributed by atoms with Crippen LogP contribution in [0.1, 0.15) is 35.2 Å². The summed E-state index contributed by atoms with van der Waals surface area (Å²) in [5, 5.41) is 3.28. The van der Waals surface area contributed by atoms with Crippen molar-refractivity contribution >= 4 is 0 Å². The summed E-state index contributed by atoms with van der Waals surface area (Å²) < 4.78 is 43.8. The minimum absolute atomic E-state index is 0.165. The molecule has 1 N–H and O–H groups in total. The minimum atomic E-state index is -4.31. The Labute approximate surface area is 133 Å². The zero-order valence-electron chi connectivity index (χ0n) is 12.8. The van der Waals surface area contributed by atoms with E-state index in [-0.39, 0.29) is 6.04 Å². The van der Waals surface area contributed by atoms with Crippen LogP contribution in [-0.4, -0.2) is 6.61 Å². The van der Waals surface area contributed by atoms with E-state index in [9.17, 15) is 13.2 Å². The molecule has 1 aliphatic heterocycles. The van der Waals surface area contributed by atoms with Crippen LogP contribution in [0.25, 0.3) is 0 Å². The fraction of sp³-hybridized carbons (Fsp3) is 0.333. The monoisotopic (exact) mass is 321 g/mol. The lowest BCUT2D eigenvalue weighted by atomic mass is 10.0. The van der Waals surface area contributed by atoms with Crippen molar-refractivity contribution in [1.82, 2.24) is 5.32 Å². The molecule has 2 aromatic carbocycles. The van der Waals surface area contributed by atoms with Crippen molar-refractivity contribution in [2.75, 3.05) is 6.61 Å². The van der Waals surface area contributed by atoms with Crippen LogP contribution in [0.4, 0.5) is 13.2 Å². The molecule has 0 aliphatic carbocycles. The molecule has 0 radical (unpaired) electrons. The molecular formula is C18H18F3NO. The van der Waals surface area contributed by atoms with Crippen LogP contribution in [0.2, 0.25) is 0 Å². The summed E-state index contributed by atoms with van der Waals surface area (Å²) in [6.45, 7) is 3.18. The Bertz CT molecular complexity index is 697. The van der Waals surface area contributed by atoms with E-state index in [0.29, 0.717) is 18.7 Å². The first-order chi connectivity index (χ1) is 10.9. The number of fused-ring (bicyclic) bond motifs is 1. The van der Waals surface area contributed by atoms with E-state index in [4.69, 9.17) is 4.74 Å². The predicted molar refractivity (Wildman–Crippen MR) is 82.3 cm³/mol. The maximum atomic E-state index is 12.8. The quantitative estimate of drug-likeness (QED) is 0.896. The van der Waals surface area contributed by atoms with E-state index >= 15 is 0 Å². The normalized spacial score (nSPS) is 15.1. The number of rotatable bonds is 4. The Morgan fingerprint density at radius 1 is 1.17 bits per heavy atom. The van der Waals surface area contributed by atoms with Crippen molar-refractivity contribution in [3.05, 3.63) is 64.7 Å². The van der Waals surface area contributed by atoms with Gasteiger partial charge >= 0.3 is 6.18 Å². The smallest absolute Gasteiger partial charge is 0.416 e. The minimum Gasteiger partial charge on any atom is -0.493 e. The number of alkyl halides is 3. The van der Waals surface area contributed by atoms with Crippen molar-refractivity contribution in [2.45, 2.75) is 32.1 Å². The number of ether oxygens (including phenoxy) is 1. The molecule has 0 saturated heterocycles. The molecule has 0 spiro atoms. The van der Waals surface area contributed by atoms with E-state index < -0.39 is 11.7 Å². The second-order valence-electron chi connectivity index (χ2n) is 5.77. The topological polar surface area (TPSA) is 21.3 Å². The van der Waals surface area contributed by atoms with Crippen molar-refractivity contribution in [3.8, 4) is 5.75 Å². The molecule has 0 saturated carbocycles. The molecule has 0 aromatic heterocycles. The summed E-state index contributed by atoms with van der Waals surface area (Å²) in [6, 6.07) is 11.3. The van der Waals surface area contributed by atoms with Gasteiger partial charge in [0.25, 0.3) is 0 Å². The van der Waals surface area contributed by atoms with Gasteiger partial charge < -0.3 is 10.1 Å². The van der Waals surface area contributed by atoms with E-state index in [1.807, 2.05) is 19.1 Å². The number of hydrogen-bond donors (Lipinski definition) is 1. The second kappa shape index (κ2) is 6.24. The molecule has 5 heteroatoms. The van der Waals surface area contributed by atoms with Crippen molar-refractivity contribution in [1.29, 1.82) is 0 Å². The van der Waals surface area contributed by atoms with Gasteiger partial charge in [0.15, 0.2) is 0 Å². The maximum Gasteiger partial charge on any atom is 0.416 e. The first-order valence-corrected chi connectivity index (χ1v) is 7.58. The van der Waals surface area contributed by atoms with Gasteiger partial charge in [-0.15, -0.1) is 0 Å². The van der Waals surface area contributed by atoms with Gasteiger partial charge in [0.05, 0.1) is 12.2 Å². The lowest BCUT2D eigenvalue weighted by Gasteiger charge is -2.16. The number of halogens is 3. The van der Waals surface area contributed by atoms with Crippen LogP contribution >= 0.6 is 0 Å². The van der Waals surface area contributed by atoms with Gasteiger partial charge in [0.1, 0.15) is 5.75 Å². The molecule has 1 aliphatic rings. The molecule has 2 aromatic rings. The second-order valence-corrected chi connectivity index (χ2v) is 5.77. The van der Waals surface area contributed by atoms with Crippen LogP contribution in [-0.2, 0) is 19.1 Å². The third-order valence-electron chi connectivity index (χ3n) is 4.08. The number of nitrogens with one attached hydrogen (secondary N) is 1. The zero-order valence-corrected chi connectivity index (χ0v) is 12.8. The van der Waals surface area contributed by atoms with Gasteiger partial charge in [-0.3, -0.25) is 0 Å². The summed E-state index contributed by atoms with van der Waals surface area (Å²) in [5.74, 6) is 0.930. The highest BCUT2D eigenvalue weighted by atomic mass is 19.4. The molecule has 0 amide bonds. The Morgan fingerprint density at radius 2 is 2.00 bits per heavy atom. The standard InChI is InChI=1S/C18H18F3NO/c1-12(14-3-2-4-16(10-14)18(19,20)21)22-11-13-5-6-17-15(9-13)7-8-23-17/h2-6,9-10,12,22H,7-8,11H2,1H3. The molecule has 0 bridgehead atoms. The van der Waals surface area contributed by atoms with Gasteiger partial charge in [-0.2, -0.15) is 13.2 Å². The SMILES string of the molecule is CC(NCc1ccc2c(c1)CCO2)c1cccc(C(F)(F)F)c1. The van der Waals surface area contributed by atoms with Crippen molar-refractivity contribution in [3.63, 3.8) is 0 Å². The maximum absolute atomic E-state index is 12.8.